The number of aliphatic hydroxyl groups excluding tert-OH is 1. The van der Waals surface area contributed by atoms with E-state index in [1.54, 1.807) is 24.3 Å². The summed E-state index contributed by atoms with van der Waals surface area (Å²) in [5.41, 5.74) is 2.83. The van der Waals surface area contributed by atoms with Crippen molar-refractivity contribution >= 4 is 37.5 Å². The van der Waals surface area contributed by atoms with Crippen LogP contribution in [0.4, 0.5) is 5.69 Å². The Morgan fingerprint density at radius 1 is 0.967 bits per heavy atom. The fraction of sp³-hybridized carbons (Fsp3) is 0.174. The molecule has 4 rings (SSSR count). The van der Waals surface area contributed by atoms with Crippen LogP contribution in [0.2, 0.25) is 0 Å². The molecule has 0 fully saturated rings. The zero-order valence-corrected chi connectivity index (χ0v) is 17.2. The van der Waals surface area contributed by atoms with E-state index in [0.717, 1.165) is 28.1 Å². The Bertz CT molecular complexity index is 1300. The second-order valence-electron chi connectivity index (χ2n) is 7.25. The van der Waals surface area contributed by atoms with Crippen LogP contribution < -0.4 is 4.31 Å². The fourth-order valence-electron chi connectivity index (χ4n) is 3.79. The molecule has 3 aromatic carbocycles. The Morgan fingerprint density at radius 2 is 1.50 bits per heavy atom. The number of nitriles is 1. The van der Waals surface area contributed by atoms with E-state index < -0.39 is 16.1 Å². The number of rotatable bonds is 6. The smallest absolute Gasteiger partial charge is 0.232 e. The third-order valence-electron chi connectivity index (χ3n) is 5.13. The number of aromatic nitrogens is 1. The fourth-order valence-corrected chi connectivity index (χ4v) is 4.74. The predicted molar refractivity (Wildman–Crippen MR) is 119 cm³/mol. The summed E-state index contributed by atoms with van der Waals surface area (Å²) in [5, 5.41) is 22.0. The van der Waals surface area contributed by atoms with Gasteiger partial charge in [-0.1, -0.05) is 36.4 Å². The van der Waals surface area contributed by atoms with Crippen molar-refractivity contribution in [3.8, 4) is 6.07 Å². The normalized spacial score (nSPS) is 12.7. The van der Waals surface area contributed by atoms with Crippen LogP contribution in [-0.4, -0.2) is 37.0 Å². The Hall–Kier alpha value is -3.34. The molecule has 1 atom stereocenters. The summed E-state index contributed by atoms with van der Waals surface area (Å²) in [7, 11) is -3.62. The standard InChI is InChI=1S/C23H21N3O3S/c1-30(28,29)26(18-12-10-17(14-24)11-13-18)16-19(27)15-25-22-8-4-2-6-20(22)21-7-3-5-9-23(21)25/h2-13,19,27H,15-16H2,1H3. The van der Waals surface area contributed by atoms with Crippen molar-refractivity contribution in [3.05, 3.63) is 78.4 Å². The molecule has 0 saturated carbocycles. The molecule has 7 heteroatoms. The lowest BCUT2D eigenvalue weighted by Crippen LogP contribution is -2.38. The number of sulfonamides is 1. The van der Waals surface area contributed by atoms with Gasteiger partial charge in [-0.15, -0.1) is 0 Å². The van der Waals surface area contributed by atoms with Gasteiger partial charge in [0.15, 0.2) is 0 Å². The topological polar surface area (TPSA) is 86.3 Å². The number of aliphatic hydroxyl groups is 1. The molecule has 1 heterocycles. The van der Waals surface area contributed by atoms with Crippen molar-refractivity contribution in [2.45, 2.75) is 12.6 Å². The van der Waals surface area contributed by atoms with Gasteiger partial charge in [-0.3, -0.25) is 4.31 Å². The van der Waals surface area contributed by atoms with Crippen molar-refractivity contribution < 1.29 is 13.5 Å². The molecule has 4 aromatic rings. The van der Waals surface area contributed by atoms with Crippen LogP contribution >= 0.6 is 0 Å². The van der Waals surface area contributed by atoms with Crippen LogP contribution in [0.25, 0.3) is 21.8 Å². The van der Waals surface area contributed by atoms with Crippen LogP contribution in [0.1, 0.15) is 5.56 Å². The molecule has 1 N–H and O–H groups in total. The average Bonchev–Trinajstić information content (AvgIpc) is 3.05. The van der Waals surface area contributed by atoms with Gasteiger partial charge in [0, 0.05) is 21.8 Å². The van der Waals surface area contributed by atoms with Gasteiger partial charge < -0.3 is 9.67 Å². The monoisotopic (exact) mass is 419 g/mol. The molecular formula is C23H21N3O3S. The zero-order valence-electron chi connectivity index (χ0n) is 16.4. The molecule has 152 valence electrons. The van der Waals surface area contributed by atoms with Crippen LogP contribution in [-0.2, 0) is 16.6 Å². The summed E-state index contributed by atoms with van der Waals surface area (Å²) in [6.45, 7) is 0.155. The number of anilines is 1. The molecule has 0 aliphatic rings. The first-order chi connectivity index (χ1) is 14.4. The summed E-state index contributed by atoms with van der Waals surface area (Å²) in [5.74, 6) is 0. The summed E-state index contributed by atoms with van der Waals surface area (Å²) in [6.07, 6.45) is 0.174. The Labute approximate surface area is 175 Å². The number of nitrogens with zero attached hydrogens (tertiary/aromatic N) is 3. The molecule has 0 bridgehead atoms. The Morgan fingerprint density at radius 3 is 2.00 bits per heavy atom. The van der Waals surface area contributed by atoms with Crippen molar-refractivity contribution in [2.75, 3.05) is 17.1 Å². The second-order valence-corrected chi connectivity index (χ2v) is 9.16. The van der Waals surface area contributed by atoms with Gasteiger partial charge in [-0.2, -0.15) is 5.26 Å². The van der Waals surface area contributed by atoms with Crippen LogP contribution in [0.3, 0.4) is 0 Å². The summed E-state index contributed by atoms with van der Waals surface area (Å²) in [6, 6.07) is 24.2. The van der Waals surface area contributed by atoms with Gasteiger partial charge >= 0.3 is 0 Å². The van der Waals surface area contributed by atoms with Crippen LogP contribution in [0.15, 0.2) is 72.8 Å². The first-order valence-electron chi connectivity index (χ1n) is 9.50. The minimum Gasteiger partial charge on any atom is -0.389 e. The minimum absolute atomic E-state index is 0.0917. The number of benzene rings is 3. The Kier molecular flexibility index (Phi) is 5.20. The van der Waals surface area contributed by atoms with Crippen LogP contribution in [0.5, 0.6) is 0 Å². The third-order valence-corrected chi connectivity index (χ3v) is 6.30. The van der Waals surface area contributed by atoms with E-state index in [9.17, 15) is 13.5 Å². The summed E-state index contributed by atoms with van der Waals surface area (Å²) >= 11 is 0. The molecule has 30 heavy (non-hydrogen) atoms. The highest BCUT2D eigenvalue weighted by Gasteiger charge is 2.22. The van der Waals surface area contributed by atoms with Crippen molar-refractivity contribution in [1.29, 1.82) is 5.26 Å². The van der Waals surface area contributed by atoms with E-state index in [1.165, 1.54) is 4.31 Å². The SMILES string of the molecule is CS(=O)(=O)N(CC(O)Cn1c2ccccc2c2ccccc21)c1ccc(C#N)cc1. The van der Waals surface area contributed by atoms with E-state index >= 15 is 0 Å². The highest BCUT2D eigenvalue weighted by molar-refractivity contribution is 7.92. The molecule has 1 unspecified atom stereocenters. The van der Waals surface area contributed by atoms with Gasteiger partial charge in [-0.05, 0) is 36.4 Å². The van der Waals surface area contributed by atoms with Gasteiger partial charge in [-0.25, -0.2) is 8.42 Å². The predicted octanol–water partition coefficient (Wildman–Crippen LogP) is 3.49. The Balaban J connectivity index is 1.67. The molecule has 0 amide bonds. The highest BCUT2D eigenvalue weighted by Crippen LogP contribution is 2.29. The maximum absolute atomic E-state index is 12.4. The van der Waals surface area contributed by atoms with Crippen LogP contribution in [0, 0.1) is 11.3 Å². The molecule has 0 saturated heterocycles. The molecule has 0 aliphatic carbocycles. The van der Waals surface area contributed by atoms with Crippen molar-refractivity contribution in [2.24, 2.45) is 0 Å². The first-order valence-corrected chi connectivity index (χ1v) is 11.4. The maximum Gasteiger partial charge on any atom is 0.232 e. The van der Waals surface area contributed by atoms with Gasteiger partial charge in [0.25, 0.3) is 0 Å². The molecule has 0 spiro atoms. The molecule has 0 aliphatic heterocycles. The number of hydrogen-bond donors (Lipinski definition) is 1. The maximum atomic E-state index is 12.4. The van der Waals surface area contributed by atoms with Gasteiger partial charge in [0.2, 0.25) is 10.0 Å². The number of fused-ring (bicyclic) bond motifs is 3. The highest BCUT2D eigenvalue weighted by atomic mass is 32.2. The van der Waals surface area contributed by atoms with E-state index in [2.05, 4.69) is 0 Å². The lowest BCUT2D eigenvalue weighted by Gasteiger charge is -2.25. The number of hydrogen-bond acceptors (Lipinski definition) is 4. The molecule has 1 aromatic heterocycles. The minimum atomic E-state index is -3.62. The molecule has 0 radical (unpaired) electrons. The largest absolute Gasteiger partial charge is 0.389 e. The van der Waals surface area contributed by atoms with Gasteiger partial charge in [0.1, 0.15) is 0 Å². The average molecular weight is 420 g/mol. The van der Waals surface area contributed by atoms with E-state index in [-0.39, 0.29) is 13.1 Å². The first kappa shape index (κ1) is 20.0. The van der Waals surface area contributed by atoms with Crippen molar-refractivity contribution in [1.82, 2.24) is 4.57 Å². The third kappa shape index (κ3) is 3.75. The van der Waals surface area contributed by atoms with E-state index in [0.29, 0.717) is 11.3 Å². The summed E-state index contributed by atoms with van der Waals surface area (Å²) < 4.78 is 28.0. The lowest BCUT2D eigenvalue weighted by molar-refractivity contribution is 0.166. The molecule has 6 nitrogen and oxygen atoms in total. The molecular weight excluding hydrogens is 398 g/mol. The zero-order chi connectivity index (χ0) is 21.3. The van der Waals surface area contributed by atoms with Gasteiger partial charge in [0.05, 0.1) is 42.8 Å². The van der Waals surface area contributed by atoms with Crippen molar-refractivity contribution in [3.63, 3.8) is 0 Å². The summed E-state index contributed by atoms with van der Waals surface area (Å²) in [4.78, 5) is 0. The lowest BCUT2D eigenvalue weighted by atomic mass is 10.2. The second kappa shape index (κ2) is 7.82. The van der Waals surface area contributed by atoms with E-state index in [4.69, 9.17) is 5.26 Å². The van der Waals surface area contributed by atoms with E-state index in [1.807, 2.05) is 59.2 Å². The quantitative estimate of drug-likeness (QED) is 0.518. The number of para-hydroxylation sites is 2.